The largest absolute Gasteiger partial charge is 0.493 e. The Morgan fingerprint density at radius 3 is 1.78 bits per heavy atom. The predicted molar refractivity (Wildman–Crippen MR) is 156 cm³/mol. The zero-order valence-electron chi connectivity index (χ0n) is 23.5. The summed E-state index contributed by atoms with van der Waals surface area (Å²) >= 11 is 0. The molecule has 0 aromatic heterocycles. The second-order valence-corrected chi connectivity index (χ2v) is 10.5. The van der Waals surface area contributed by atoms with Gasteiger partial charge in [-0.2, -0.15) is 0 Å². The minimum Gasteiger partial charge on any atom is -0.493 e. The average molecular weight is 543 g/mol. The zero-order valence-corrected chi connectivity index (χ0v) is 24.5. The normalized spacial score (nSPS) is 13.2. The van der Waals surface area contributed by atoms with Crippen molar-refractivity contribution in [3.05, 3.63) is 88.0 Å². The van der Waals surface area contributed by atoms with Crippen molar-refractivity contribution in [2.24, 2.45) is 0 Å². The number of benzene rings is 2. The van der Waals surface area contributed by atoms with E-state index in [2.05, 4.69) is 75.4 Å². The molecule has 2 aromatic rings. The molecule has 37 heavy (non-hydrogen) atoms. The zero-order chi connectivity index (χ0) is 25.6. The third kappa shape index (κ3) is 9.68. The maximum Gasteiger partial charge on any atom is 0.210 e. The number of aryl methyl sites for hydroxylation is 2. The Morgan fingerprint density at radius 1 is 0.595 bits per heavy atom. The summed E-state index contributed by atoms with van der Waals surface area (Å²) < 4.78 is 1.47. The molecule has 3 rings (SSSR count). The predicted octanol–water partition coefficient (Wildman–Crippen LogP) is 10.7. The average Bonchev–Trinajstić information content (AvgIpc) is 3.23. The molecule has 0 fully saturated rings. The second kappa shape index (κ2) is 17.5. The third-order valence-corrected chi connectivity index (χ3v) is 7.42. The monoisotopic (exact) mass is 542 g/mol. The Bertz CT molecular complexity index is 1030. The Balaban J connectivity index is 0.00000481. The summed E-state index contributed by atoms with van der Waals surface area (Å²) in [5.74, 6) is 0. The van der Waals surface area contributed by atoms with Crippen molar-refractivity contribution in [3.63, 3.8) is 0 Å². The Kier molecular flexibility index (Phi) is 14.8. The van der Waals surface area contributed by atoms with Crippen molar-refractivity contribution >= 4 is 11.4 Å². The van der Waals surface area contributed by atoms with E-state index < -0.39 is 0 Å². The molecule has 0 unspecified atom stereocenters. The van der Waals surface area contributed by atoms with Crippen LogP contribution in [-0.2, 0) is 29.3 Å². The maximum atomic E-state index is 11.5. The standard InChI is InChI=1S/C34H48N2.Ni/c1-4-7-10-12-13-14-19-29-20-16-23-30(25-29)33-27-32(22-15-11-8-5-2)34(36(33)35)31-24-17-21-28(26-31)18-9-6-3;/h16-17,20-21,23-27H,4-15,18-19,22H2,1-3H3;. The topological polar surface area (TPSA) is 25.3 Å². The fraction of sp³-hybridized carbons (Fsp3) is 0.529. The summed E-state index contributed by atoms with van der Waals surface area (Å²) in [6, 6.07) is 17.6. The van der Waals surface area contributed by atoms with Crippen LogP contribution < -0.4 is 0 Å². The van der Waals surface area contributed by atoms with Crippen LogP contribution in [-0.4, -0.2) is 4.70 Å². The van der Waals surface area contributed by atoms with Crippen molar-refractivity contribution < 1.29 is 21.2 Å². The van der Waals surface area contributed by atoms with Gasteiger partial charge in [-0.1, -0.05) is 103 Å². The number of allylic oxidation sites excluding steroid dienone is 2. The number of hydrogen-bond donors (Lipinski definition) is 0. The van der Waals surface area contributed by atoms with Crippen LogP contribution in [0.1, 0.15) is 126 Å². The van der Waals surface area contributed by atoms with E-state index in [1.807, 2.05) is 0 Å². The van der Waals surface area contributed by atoms with Gasteiger partial charge in [0.05, 0.1) is 0 Å². The molecule has 0 atom stereocenters. The van der Waals surface area contributed by atoms with Crippen molar-refractivity contribution in [2.75, 3.05) is 0 Å². The van der Waals surface area contributed by atoms with Crippen molar-refractivity contribution in [1.82, 2.24) is 0 Å². The molecule has 0 aliphatic carbocycles. The molecular weight excluding hydrogens is 495 g/mol. The SMILES string of the molecule is CCCCCCCCc1cccc(C2=CC(CCCCCC)=C(c3cccc(CCCC)c3)[N+]2=[N-])c1.[Ni]. The molecule has 0 saturated carbocycles. The number of nitrogens with zero attached hydrogens (tertiary/aromatic N) is 2. The van der Waals surface area contributed by atoms with Gasteiger partial charge >= 0.3 is 0 Å². The molecule has 0 spiro atoms. The second-order valence-electron chi connectivity index (χ2n) is 10.5. The minimum absolute atomic E-state index is 0. The van der Waals surface area contributed by atoms with Gasteiger partial charge in [-0.15, -0.1) is 0 Å². The number of rotatable bonds is 17. The quantitative estimate of drug-likeness (QED) is 0.108. The first-order valence-corrected chi connectivity index (χ1v) is 14.8. The molecule has 204 valence electrons. The summed E-state index contributed by atoms with van der Waals surface area (Å²) in [5.41, 5.74) is 19.6. The van der Waals surface area contributed by atoms with Gasteiger partial charge in [0.2, 0.25) is 11.4 Å². The van der Waals surface area contributed by atoms with Gasteiger partial charge in [0, 0.05) is 39.3 Å². The van der Waals surface area contributed by atoms with Crippen LogP contribution in [0.2, 0.25) is 0 Å². The van der Waals surface area contributed by atoms with E-state index in [0.29, 0.717) is 0 Å². The smallest absolute Gasteiger partial charge is 0.210 e. The van der Waals surface area contributed by atoms with Gasteiger partial charge in [0.25, 0.3) is 0 Å². The summed E-state index contributed by atoms with van der Waals surface area (Å²) in [4.78, 5) is 0. The number of hydrogen-bond acceptors (Lipinski definition) is 0. The molecule has 3 heteroatoms. The van der Waals surface area contributed by atoms with Crippen molar-refractivity contribution in [1.29, 1.82) is 0 Å². The molecule has 0 amide bonds. The van der Waals surface area contributed by atoms with Crippen LogP contribution in [0.4, 0.5) is 0 Å². The molecule has 0 N–H and O–H groups in total. The van der Waals surface area contributed by atoms with Gasteiger partial charge in [0.15, 0.2) is 0 Å². The van der Waals surface area contributed by atoms with E-state index in [1.165, 1.54) is 92.0 Å². The van der Waals surface area contributed by atoms with E-state index in [-0.39, 0.29) is 16.5 Å². The summed E-state index contributed by atoms with van der Waals surface area (Å²) in [7, 11) is 0. The van der Waals surface area contributed by atoms with Gasteiger partial charge in [-0.3, -0.25) is 0 Å². The molecule has 0 bridgehead atoms. The fourth-order valence-corrected chi connectivity index (χ4v) is 5.25. The Hall–Kier alpha value is -1.99. The summed E-state index contributed by atoms with van der Waals surface area (Å²) in [5, 5.41) is 0. The molecule has 0 radical (unpaired) electrons. The van der Waals surface area contributed by atoms with Crippen LogP contribution >= 0.6 is 0 Å². The van der Waals surface area contributed by atoms with E-state index in [0.717, 1.165) is 48.2 Å². The molecule has 1 heterocycles. The summed E-state index contributed by atoms with van der Waals surface area (Å²) in [6.07, 6.45) is 20.7. The molecule has 0 saturated heterocycles. The van der Waals surface area contributed by atoms with E-state index >= 15 is 0 Å². The first kappa shape index (κ1) is 31.2. The van der Waals surface area contributed by atoms with Crippen LogP contribution in [0.3, 0.4) is 0 Å². The van der Waals surface area contributed by atoms with E-state index in [1.54, 1.807) is 0 Å². The van der Waals surface area contributed by atoms with Gasteiger partial charge in [-0.25, -0.2) is 4.70 Å². The van der Waals surface area contributed by atoms with Crippen molar-refractivity contribution in [3.8, 4) is 0 Å². The van der Waals surface area contributed by atoms with E-state index in [4.69, 9.17) is 0 Å². The van der Waals surface area contributed by atoms with Crippen LogP contribution in [0.25, 0.3) is 16.9 Å². The van der Waals surface area contributed by atoms with Gasteiger partial charge in [-0.05, 0) is 73.9 Å². The molecule has 2 nitrogen and oxygen atoms in total. The Labute approximate surface area is 237 Å². The molecular formula is C34H48N2Ni. The Morgan fingerprint density at radius 2 is 1.11 bits per heavy atom. The van der Waals surface area contributed by atoms with Crippen LogP contribution in [0, 0.1) is 0 Å². The minimum atomic E-state index is 0. The first-order valence-electron chi connectivity index (χ1n) is 14.8. The summed E-state index contributed by atoms with van der Waals surface area (Å²) in [6.45, 7) is 6.77. The van der Waals surface area contributed by atoms with Crippen molar-refractivity contribution in [2.45, 2.75) is 117 Å². The van der Waals surface area contributed by atoms with Crippen LogP contribution in [0.5, 0.6) is 0 Å². The van der Waals surface area contributed by atoms with Crippen LogP contribution in [0.15, 0.2) is 60.2 Å². The maximum absolute atomic E-state index is 11.5. The molecule has 2 aromatic carbocycles. The van der Waals surface area contributed by atoms with E-state index in [9.17, 15) is 5.53 Å². The molecule has 1 aliphatic heterocycles. The first-order chi connectivity index (χ1) is 17.7. The molecule has 1 aliphatic rings. The third-order valence-electron chi connectivity index (χ3n) is 7.42. The number of unbranched alkanes of at least 4 members (excludes halogenated alkanes) is 9. The van der Waals surface area contributed by atoms with Gasteiger partial charge in [0.1, 0.15) is 0 Å². The van der Waals surface area contributed by atoms with Gasteiger partial charge < -0.3 is 5.53 Å². The fourth-order valence-electron chi connectivity index (χ4n) is 5.25.